The molecule has 3 rings (SSSR count). The van der Waals surface area contributed by atoms with Crippen LogP contribution >= 0.6 is 0 Å². The summed E-state index contributed by atoms with van der Waals surface area (Å²) >= 11 is 0. The van der Waals surface area contributed by atoms with Crippen molar-refractivity contribution in [3.05, 3.63) is 36.5 Å². The molecule has 0 N–H and O–H groups in total. The second-order valence-corrected chi connectivity index (χ2v) is 7.36. The summed E-state index contributed by atoms with van der Waals surface area (Å²) in [5, 5.41) is 1.13. The summed E-state index contributed by atoms with van der Waals surface area (Å²) in [5.41, 5.74) is 1.69. The van der Waals surface area contributed by atoms with Crippen LogP contribution < -0.4 is 4.90 Å². The SMILES string of the molecule is CN(c1ccc2ncccc2c1)[C@H]1CCN(C(=O)OC(C)(C)C)C1. The molecule has 5 nitrogen and oxygen atoms in total. The number of benzene rings is 1. The number of fused-ring (bicyclic) bond motifs is 1. The average Bonchev–Trinajstić information content (AvgIpc) is 3.02. The molecule has 1 fully saturated rings. The van der Waals surface area contributed by atoms with Crippen molar-refractivity contribution in [2.75, 3.05) is 25.0 Å². The third kappa shape index (κ3) is 3.61. The molecular formula is C19H25N3O2. The van der Waals surface area contributed by atoms with Gasteiger partial charge in [0.05, 0.1) is 5.52 Å². The first kappa shape index (κ1) is 16.6. The van der Waals surface area contributed by atoms with E-state index in [9.17, 15) is 4.79 Å². The number of nitrogens with zero attached hydrogens (tertiary/aromatic N) is 3. The Kier molecular flexibility index (Phi) is 4.35. The molecule has 1 aromatic heterocycles. The van der Waals surface area contributed by atoms with Crippen molar-refractivity contribution >= 4 is 22.7 Å². The minimum absolute atomic E-state index is 0.221. The number of likely N-dealkylation sites (N-methyl/N-ethyl adjacent to an activating group) is 1. The summed E-state index contributed by atoms with van der Waals surface area (Å²) in [6, 6.07) is 10.6. The maximum atomic E-state index is 12.2. The van der Waals surface area contributed by atoms with Gasteiger partial charge < -0.3 is 14.5 Å². The lowest BCUT2D eigenvalue weighted by atomic mass is 10.1. The molecule has 1 aromatic carbocycles. The standard InChI is InChI=1S/C19H25N3O2/c1-19(2,3)24-18(23)22-11-9-16(13-22)21(4)15-7-8-17-14(12-15)6-5-10-20-17/h5-8,10,12,16H,9,11,13H2,1-4H3/t16-/m0/s1. The van der Waals surface area contributed by atoms with Crippen molar-refractivity contribution in [1.82, 2.24) is 9.88 Å². The summed E-state index contributed by atoms with van der Waals surface area (Å²) in [6.07, 6.45) is 2.53. The number of carbonyl (C=O) groups is 1. The second-order valence-electron chi connectivity index (χ2n) is 7.36. The van der Waals surface area contributed by atoms with Crippen molar-refractivity contribution in [3.63, 3.8) is 0 Å². The Balaban J connectivity index is 1.69. The van der Waals surface area contributed by atoms with E-state index in [1.807, 2.05) is 32.9 Å². The number of hydrogen-bond acceptors (Lipinski definition) is 4. The van der Waals surface area contributed by atoms with Gasteiger partial charge in [-0.2, -0.15) is 0 Å². The zero-order valence-electron chi connectivity index (χ0n) is 14.8. The fraction of sp³-hybridized carbons (Fsp3) is 0.474. The zero-order valence-corrected chi connectivity index (χ0v) is 14.8. The first-order chi connectivity index (χ1) is 11.3. The molecule has 0 saturated carbocycles. The van der Waals surface area contributed by atoms with Crippen LogP contribution in [0.1, 0.15) is 27.2 Å². The van der Waals surface area contributed by atoms with Crippen molar-refractivity contribution < 1.29 is 9.53 Å². The van der Waals surface area contributed by atoms with Crippen LogP contribution in [0.3, 0.4) is 0 Å². The maximum Gasteiger partial charge on any atom is 0.410 e. The summed E-state index contributed by atoms with van der Waals surface area (Å²) in [7, 11) is 2.08. The van der Waals surface area contributed by atoms with Crippen LogP contribution in [0.15, 0.2) is 36.5 Å². The number of rotatable bonds is 2. The van der Waals surface area contributed by atoms with E-state index in [2.05, 4.69) is 35.1 Å². The minimum atomic E-state index is -0.452. The largest absolute Gasteiger partial charge is 0.444 e. The molecule has 1 amide bonds. The lowest BCUT2D eigenvalue weighted by molar-refractivity contribution is 0.0292. The first-order valence-corrected chi connectivity index (χ1v) is 8.39. The zero-order chi connectivity index (χ0) is 17.3. The van der Waals surface area contributed by atoms with Crippen molar-refractivity contribution in [3.8, 4) is 0 Å². The lowest BCUT2D eigenvalue weighted by Gasteiger charge is -2.28. The highest BCUT2D eigenvalue weighted by Crippen LogP contribution is 2.25. The maximum absolute atomic E-state index is 12.2. The van der Waals surface area contributed by atoms with E-state index in [-0.39, 0.29) is 6.09 Å². The Bertz CT molecular complexity index is 739. The van der Waals surface area contributed by atoms with Gasteiger partial charge in [-0.05, 0) is 51.5 Å². The molecule has 0 spiro atoms. The van der Waals surface area contributed by atoms with Crippen LogP contribution in [0.4, 0.5) is 10.5 Å². The van der Waals surface area contributed by atoms with E-state index in [0.717, 1.165) is 29.6 Å². The lowest BCUT2D eigenvalue weighted by Crippen LogP contribution is -2.39. The molecule has 1 atom stereocenters. The monoisotopic (exact) mass is 327 g/mol. The van der Waals surface area contributed by atoms with Crippen LogP contribution in [0.5, 0.6) is 0 Å². The Morgan fingerprint density at radius 3 is 2.88 bits per heavy atom. The third-order valence-electron chi connectivity index (χ3n) is 4.36. The van der Waals surface area contributed by atoms with Crippen LogP contribution in [0.2, 0.25) is 0 Å². The van der Waals surface area contributed by atoms with Gasteiger partial charge in [0.2, 0.25) is 0 Å². The van der Waals surface area contributed by atoms with Gasteiger partial charge in [-0.25, -0.2) is 4.79 Å². The van der Waals surface area contributed by atoms with Gasteiger partial charge >= 0.3 is 6.09 Å². The molecule has 2 aromatic rings. The molecule has 128 valence electrons. The molecule has 0 radical (unpaired) electrons. The molecule has 1 saturated heterocycles. The normalized spacial score (nSPS) is 18.0. The van der Waals surface area contributed by atoms with Gasteiger partial charge in [0, 0.05) is 43.4 Å². The van der Waals surface area contributed by atoms with E-state index in [4.69, 9.17) is 4.74 Å². The topological polar surface area (TPSA) is 45.7 Å². The molecule has 1 aliphatic rings. The Morgan fingerprint density at radius 2 is 2.12 bits per heavy atom. The van der Waals surface area contributed by atoms with E-state index in [1.54, 1.807) is 11.1 Å². The van der Waals surface area contributed by atoms with Gasteiger partial charge in [-0.1, -0.05) is 6.07 Å². The number of pyridine rings is 1. The number of anilines is 1. The van der Waals surface area contributed by atoms with E-state index < -0.39 is 5.60 Å². The summed E-state index contributed by atoms with van der Waals surface area (Å²) in [6.45, 7) is 7.12. The van der Waals surface area contributed by atoms with Crippen LogP contribution in [0, 0.1) is 0 Å². The fourth-order valence-corrected chi connectivity index (χ4v) is 3.04. The Morgan fingerprint density at radius 1 is 1.33 bits per heavy atom. The summed E-state index contributed by atoms with van der Waals surface area (Å²) in [4.78, 5) is 20.6. The van der Waals surface area contributed by atoms with Gasteiger partial charge in [0.15, 0.2) is 0 Å². The minimum Gasteiger partial charge on any atom is -0.444 e. The van der Waals surface area contributed by atoms with Gasteiger partial charge in [0.1, 0.15) is 5.60 Å². The van der Waals surface area contributed by atoms with Crippen molar-refractivity contribution in [1.29, 1.82) is 0 Å². The van der Waals surface area contributed by atoms with Crippen molar-refractivity contribution in [2.45, 2.75) is 38.8 Å². The molecular weight excluding hydrogens is 302 g/mol. The highest BCUT2D eigenvalue weighted by molar-refractivity contribution is 5.82. The van der Waals surface area contributed by atoms with Crippen LogP contribution in [0.25, 0.3) is 10.9 Å². The highest BCUT2D eigenvalue weighted by atomic mass is 16.6. The number of hydrogen-bond donors (Lipinski definition) is 0. The Hall–Kier alpha value is -2.30. The summed E-state index contributed by atoms with van der Waals surface area (Å²) < 4.78 is 5.47. The molecule has 1 aliphatic heterocycles. The second kappa shape index (κ2) is 6.30. The molecule has 24 heavy (non-hydrogen) atoms. The quantitative estimate of drug-likeness (QED) is 0.844. The molecule has 5 heteroatoms. The number of amides is 1. The molecule has 0 unspecified atom stereocenters. The molecule has 0 aliphatic carbocycles. The predicted octanol–water partition coefficient (Wildman–Crippen LogP) is 3.68. The number of carbonyl (C=O) groups excluding carboxylic acids is 1. The van der Waals surface area contributed by atoms with Crippen molar-refractivity contribution in [2.24, 2.45) is 0 Å². The molecule has 2 heterocycles. The van der Waals surface area contributed by atoms with E-state index in [1.165, 1.54) is 0 Å². The predicted molar refractivity (Wildman–Crippen MR) is 96.4 cm³/mol. The van der Waals surface area contributed by atoms with Gasteiger partial charge in [-0.15, -0.1) is 0 Å². The smallest absolute Gasteiger partial charge is 0.410 e. The average molecular weight is 327 g/mol. The first-order valence-electron chi connectivity index (χ1n) is 8.39. The Labute approximate surface area is 143 Å². The van der Waals surface area contributed by atoms with Gasteiger partial charge in [-0.3, -0.25) is 4.98 Å². The number of ether oxygens (including phenoxy) is 1. The van der Waals surface area contributed by atoms with Crippen LogP contribution in [-0.2, 0) is 4.74 Å². The fourth-order valence-electron chi connectivity index (χ4n) is 3.04. The number of likely N-dealkylation sites (tertiary alicyclic amines) is 1. The van der Waals surface area contributed by atoms with E-state index >= 15 is 0 Å². The third-order valence-corrected chi connectivity index (χ3v) is 4.36. The van der Waals surface area contributed by atoms with E-state index in [0.29, 0.717) is 12.6 Å². The van der Waals surface area contributed by atoms with Gasteiger partial charge in [0.25, 0.3) is 0 Å². The highest BCUT2D eigenvalue weighted by Gasteiger charge is 2.31. The summed E-state index contributed by atoms with van der Waals surface area (Å²) in [5.74, 6) is 0. The molecule has 0 bridgehead atoms. The number of aromatic nitrogens is 1. The van der Waals surface area contributed by atoms with Crippen LogP contribution in [-0.4, -0.2) is 47.8 Å².